The van der Waals surface area contributed by atoms with Gasteiger partial charge in [0.25, 0.3) is 5.89 Å². The monoisotopic (exact) mass is 345 g/mol. The van der Waals surface area contributed by atoms with Crippen molar-refractivity contribution in [1.82, 2.24) is 20.1 Å². The van der Waals surface area contributed by atoms with Crippen LogP contribution in [0, 0.1) is 0 Å². The summed E-state index contributed by atoms with van der Waals surface area (Å²) in [7, 11) is 0. The molecule has 0 aliphatic rings. The number of halogens is 1. The molecule has 0 aliphatic heterocycles. The standard InChI is InChI=1S/C16H16ClN5O2/c1-3-23-14-8-13(18-9-19-14)20-10(2)15-21-16(24-22-15)11-4-6-12(17)7-5-11/h4-10H,3H2,1-2H3,(H,18,19,20). The number of nitrogens with zero attached hydrogens (tertiary/aromatic N) is 4. The maximum absolute atomic E-state index is 5.88. The van der Waals surface area contributed by atoms with E-state index < -0.39 is 0 Å². The normalized spacial score (nSPS) is 12.0. The van der Waals surface area contributed by atoms with Crippen molar-refractivity contribution in [1.29, 1.82) is 0 Å². The van der Waals surface area contributed by atoms with E-state index >= 15 is 0 Å². The molecule has 0 amide bonds. The predicted molar refractivity (Wildman–Crippen MR) is 90.0 cm³/mol. The molecule has 0 aliphatic carbocycles. The molecule has 3 rings (SSSR count). The Labute approximate surface area is 144 Å². The second-order valence-corrected chi connectivity index (χ2v) is 5.44. The van der Waals surface area contributed by atoms with Gasteiger partial charge < -0.3 is 14.6 Å². The van der Waals surface area contributed by atoms with Crippen LogP contribution in [0.25, 0.3) is 11.5 Å². The van der Waals surface area contributed by atoms with Crippen LogP contribution in [-0.2, 0) is 0 Å². The molecule has 2 aromatic heterocycles. The zero-order chi connectivity index (χ0) is 16.9. The molecule has 8 heteroatoms. The molecule has 3 aromatic rings. The van der Waals surface area contributed by atoms with Crippen molar-refractivity contribution < 1.29 is 9.26 Å². The summed E-state index contributed by atoms with van der Waals surface area (Å²) in [5.74, 6) is 2.10. The van der Waals surface area contributed by atoms with Gasteiger partial charge in [0, 0.05) is 16.7 Å². The largest absolute Gasteiger partial charge is 0.478 e. The molecule has 0 fully saturated rings. The summed E-state index contributed by atoms with van der Waals surface area (Å²) in [5, 5.41) is 7.86. The number of nitrogens with one attached hydrogen (secondary N) is 1. The summed E-state index contributed by atoms with van der Waals surface area (Å²) in [6.07, 6.45) is 1.44. The second kappa shape index (κ2) is 7.27. The molecular formula is C16H16ClN5O2. The number of hydrogen-bond acceptors (Lipinski definition) is 7. The second-order valence-electron chi connectivity index (χ2n) is 5.01. The zero-order valence-electron chi connectivity index (χ0n) is 13.2. The van der Waals surface area contributed by atoms with E-state index in [1.807, 2.05) is 26.0 Å². The highest BCUT2D eigenvalue weighted by atomic mass is 35.5. The first-order valence-corrected chi connectivity index (χ1v) is 7.84. The Kier molecular flexibility index (Phi) is 4.90. The molecule has 7 nitrogen and oxygen atoms in total. The summed E-state index contributed by atoms with van der Waals surface area (Å²) in [5.41, 5.74) is 0.811. The Morgan fingerprint density at radius 2 is 2.04 bits per heavy atom. The van der Waals surface area contributed by atoms with Crippen molar-refractivity contribution in [3.8, 4) is 17.3 Å². The SMILES string of the molecule is CCOc1cc(NC(C)c2noc(-c3ccc(Cl)cc3)n2)ncn1. The van der Waals surface area contributed by atoms with Crippen LogP contribution in [0.1, 0.15) is 25.7 Å². The number of aromatic nitrogens is 4. The van der Waals surface area contributed by atoms with Gasteiger partial charge in [-0.3, -0.25) is 0 Å². The summed E-state index contributed by atoms with van der Waals surface area (Å²) < 4.78 is 10.7. The first kappa shape index (κ1) is 16.2. The molecule has 1 atom stereocenters. The van der Waals surface area contributed by atoms with E-state index in [1.165, 1.54) is 6.33 Å². The average molecular weight is 346 g/mol. The van der Waals surface area contributed by atoms with Crippen LogP contribution in [0.2, 0.25) is 5.02 Å². The van der Waals surface area contributed by atoms with E-state index in [-0.39, 0.29) is 6.04 Å². The number of ether oxygens (including phenoxy) is 1. The Balaban J connectivity index is 1.72. The molecule has 24 heavy (non-hydrogen) atoms. The topological polar surface area (TPSA) is 86.0 Å². The third-order valence-electron chi connectivity index (χ3n) is 3.22. The summed E-state index contributed by atoms with van der Waals surface area (Å²) in [6.45, 7) is 4.36. The fourth-order valence-corrected chi connectivity index (χ4v) is 2.18. The van der Waals surface area contributed by atoms with Gasteiger partial charge in [0.05, 0.1) is 12.6 Å². The van der Waals surface area contributed by atoms with Crippen LogP contribution in [-0.4, -0.2) is 26.7 Å². The quantitative estimate of drug-likeness (QED) is 0.728. The molecule has 0 saturated carbocycles. The maximum atomic E-state index is 5.88. The van der Waals surface area contributed by atoms with Gasteiger partial charge in [0.15, 0.2) is 5.82 Å². The van der Waals surface area contributed by atoms with E-state index in [0.717, 1.165) is 5.56 Å². The summed E-state index contributed by atoms with van der Waals surface area (Å²) in [6, 6.07) is 8.74. The molecule has 0 bridgehead atoms. The molecule has 0 saturated heterocycles. The van der Waals surface area contributed by atoms with Crippen LogP contribution in [0.5, 0.6) is 5.88 Å². The van der Waals surface area contributed by atoms with E-state index in [2.05, 4.69) is 25.4 Å². The lowest BCUT2D eigenvalue weighted by Crippen LogP contribution is -2.10. The van der Waals surface area contributed by atoms with Crippen LogP contribution in [0.3, 0.4) is 0 Å². The highest BCUT2D eigenvalue weighted by Gasteiger charge is 2.15. The lowest BCUT2D eigenvalue weighted by Gasteiger charge is -2.11. The average Bonchev–Trinajstić information content (AvgIpc) is 3.06. The maximum Gasteiger partial charge on any atom is 0.257 e. The molecular weight excluding hydrogens is 330 g/mol. The third kappa shape index (κ3) is 3.80. The number of benzene rings is 1. The fourth-order valence-electron chi connectivity index (χ4n) is 2.05. The van der Waals surface area contributed by atoms with Crippen LogP contribution >= 0.6 is 11.6 Å². The van der Waals surface area contributed by atoms with Crippen molar-refractivity contribution in [2.45, 2.75) is 19.9 Å². The third-order valence-corrected chi connectivity index (χ3v) is 3.47. The van der Waals surface area contributed by atoms with Crippen molar-refractivity contribution in [2.24, 2.45) is 0 Å². The summed E-state index contributed by atoms with van der Waals surface area (Å²) >= 11 is 5.88. The van der Waals surface area contributed by atoms with Crippen molar-refractivity contribution in [3.63, 3.8) is 0 Å². The predicted octanol–water partition coefficient (Wildman–Crippen LogP) is 3.75. The Hall–Kier alpha value is -2.67. The van der Waals surface area contributed by atoms with Crippen LogP contribution < -0.4 is 10.1 Å². The van der Waals surface area contributed by atoms with Crippen molar-refractivity contribution in [3.05, 3.63) is 47.5 Å². The molecule has 0 radical (unpaired) electrons. The van der Waals surface area contributed by atoms with E-state index in [9.17, 15) is 0 Å². The molecule has 0 spiro atoms. The molecule has 1 aromatic carbocycles. The highest BCUT2D eigenvalue weighted by molar-refractivity contribution is 6.30. The minimum absolute atomic E-state index is 0.195. The molecule has 124 valence electrons. The van der Waals surface area contributed by atoms with Gasteiger partial charge >= 0.3 is 0 Å². The molecule has 1 unspecified atom stereocenters. The van der Waals surface area contributed by atoms with E-state index in [0.29, 0.717) is 35.0 Å². The molecule has 1 N–H and O–H groups in total. The summed E-state index contributed by atoms with van der Waals surface area (Å²) in [4.78, 5) is 12.6. The Bertz CT molecular complexity index is 806. The fraction of sp³-hybridized carbons (Fsp3) is 0.250. The van der Waals surface area contributed by atoms with E-state index in [1.54, 1.807) is 18.2 Å². The lowest BCUT2D eigenvalue weighted by molar-refractivity contribution is 0.326. The minimum atomic E-state index is -0.195. The van der Waals surface area contributed by atoms with Gasteiger partial charge in [-0.15, -0.1) is 0 Å². The van der Waals surface area contributed by atoms with Crippen molar-refractivity contribution >= 4 is 17.4 Å². The highest BCUT2D eigenvalue weighted by Crippen LogP contribution is 2.23. The van der Waals surface area contributed by atoms with Gasteiger partial charge in [0.1, 0.15) is 12.1 Å². The molecule has 2 heterocycles. The number of anilines is 1. The van der Waals surface area contributed by atoms with Gasteiger partial charge in [-0.1, -0.05) is 16.8 Å². The van der Waals surface area contributed by atoms with Gasteiger partial charge in [-0.05, 0) is 38.1 Å². The van der Waals surface area contributed by atoms with E-state index in [4.69, 9.17) is 20.9 Å². The van der Waals surface area contributed by atoms with Gasteiger partial charge in [0.2, 0.25) is 5.88 Å². The number of hydrogen-bond donors (Lipinski definition) is 1. The van der Waals surface area contributed by atoms with Gasteiger partial charge in [-0.25, -0.2) is 9.97 Å². The number of rotatable bonds is 6. The van der Waals surface area contributed by atoms with Crippen LogP contribution in [0.4, 0.5) is 5.82 Å². The Morgan fingerprint density at radius 1 is 1.25 bits per heavy atom. The van der Waals surface area contributed by atoms with Crippen LogP contribution in [0.15, 0.2) is 41.2 Å². The smallest absolute Gasteiger partial charge is 0.257 e. The van der Waals surface area contributed by atoms with Crippen molar-refractivity contribution in [2.75, 3.05) is 11.9 Å². The first-order chi connectivity index (χ1) is 11.7. The first-order valence-electron chi connectivity index (χ1n) is 7.46. The Morgan fingerprint density at radius 3 is 2.79 bits per heavy atom. The zero-order valence-corrected chi connectivity index (χ0v) is 14.0. The lowest BCUT2D eigenvalue weighted by atomic mass is 10.2. The van der Waals surface area contributed by atoms with Gasteiger partial charge in [-0.2, -0.15) is 4.98 Å². The minimum Gasteiger partial charge on any atom is -0.478 e.